The molecule has 0 unspecified atom stereocenters. The van der Waals surface area contributed by atoms with Crippen LogP contribution >= 0.6 is 0 Å². The van der Waals surface area contributed by atoms with E-state index in [0.717, 1.165) is 16.9 Å². The molecule has 0 fully saturated rings. The zero-order valence-corrected chi connectivity index (χ0v) is 10.3. The summed E-state index contributed by atoms with van der Waals surface area (Å²) in [5, 5.41) is 0. The minimum atomic E-state index is 0.560. The number of rotatable bonds is 2. The summed E-state index contributed by atoms with van der Waals surface area (Å²) in [6, 6.07) is 7.80. The average Bonchev–Trinajstić information content (AvgIpc) is 2.49. The van der Waals surface area contributed by atoms with Gasteiger partial charge >= 0.3 is 0 Å². The van der Waals surface area contributed by atoms with Gasteiger partial charge in [0.05, 0.1) is 18.4 Å². The number of amidine groups is 1. The predicted octanol–water partition coefficient (Wildman–Crippen LogP) is 1.65. The first kappa shape index (κ1) is 11.4. The van der Waals surface area contributed by atoms with Crippen LogP contribution in [0.25, 0.3) is 5.70 Å². The monoisotopic (exact) mass is 251 g/mol. The van der Waals surface area contributed by atoms with Crippen LogP contribution in [0, 0.1) is 0 Å². The second-order valence-electron chi connectivity index (χ2n) is 4.17. The standard InChI is InChI=1S/C14H13N5/c15-14-10-19(12-3-6-16-7-4-12)13(9-18-14)11-2-1-5-17-8-11/h1-9H,10H2,(H2,15,18). The van der Waals surface area contributed by atoms with Crippen LogP contribution in [0.1, 0.15) is 5.56 Å². The number of hydrogen-bond acceptors (Lipinski definition) is 5. The van der Waals surface area contributed by atoms with E-state index in [1.165, 1.54) is 0 Å². The van der Waals surface area contributed by atoms with Gasteiger partial charge in [-0.1, -0.05) is 0 Å². The summed E-state index contributed by atoms with van der Waals surface area (Å²) in [7, 11) is 0. The molecule has 0 atom stereocenters. The Morgan fingerprint density at radius 1 is 1.05 bits per heavy atom. The maximum atomic E-state index is 5.84. The van der Waals surface area contributed by atoms with Crippen molar-refractivity contribution in [1.29, 1.82) is 0 Å². The molecule has 5 nitrogen and oxygen atoms in total. The van der Waals surface area contributed by atoms with Crippen molar-refractivity contribution in [2.45, 2.75) is 0 Å². The van der Waals surface area contributed by atoms with Crippen molar-refractivity contribution in [2.75, 3.05) is 11.4 Å². The van der Waals surface area contributed by atoms with Crippen molar-refractivity contribution in [1.82, 2.24) is 9.97 Å². The molecule has 0 aromatic carbocycles. The van der Waals surface area contributed by atoms with Crippen molar-refractivity contribution in [3.05, 3.63) is 60.8 Å². The van der Waals surface area contributed by atoms with Gasteiger partial charge in [-0.05, 0) is 24.3 Å². The van der Waals surface area contributed by atoms with Gasteiger partial charge in [0.25, 0.3) is 0 Å². The second-order valence-corrected chi connectivity index (χ2v) is 4.17. The molecule has 0 saturated carbocycles. The third-order valence-electron chi connectivity index (χ3n) is 2.90. The molecule has 0 radical (unpaired) electrons. The third kappa shape index (κ3) is 2.30. The van der Waals surface area contributed by atoms with Crippen LogP contribution < -0.4 is 10.6 Å². The van der Waals surface area contributed by atoms with E-state index >= 15 is 0 Å². The van der Waals surface area contributed by atoms with E-state index in [2.05, 4.69) is 19.9 Å². The van der Waals surface area contributed by atoms with Crippen molar-refractivity contribution < 1.29 is 0 Å². The normalized spacial score (nSPS) is 14.8. The Bertz CT molecular complexity index is 619. The highest BCUT2D eigenvalue weighted by Crippen LogP contribution is 2.26. The lowest BCUT2D eigenvalue weighted by Gasteiger charge is -2.29. The lowest BCUT2D eigenvalue weighted by atomic mass is 10.1. The fourth-order valence-electron chi connectivity index (χ4n) is 2.00. The van der Waals surface area contributed by atoms with Gasteiger partial charge in [-0.15, -0.1) is 0 Å². The smallest absolute Gasteiger partial charge is 0.119 e. The van der Waals surface area contributed by atoms with E-state index in [4.69, 9.17) is 5.73 Å². The van der Waals surface area contributed by atoms with Crippen LogP contribution in [0.3, 0.4) is 0 Å². The van der Waals surface area contributed by atoms with Crippen LogP contribution in [-0.4, -0.2) is 22.3 Å². The van der Waals surface area contributed by atoms with Crippen molar-refractivity contribution in [3.63, 3.8) is 0 Å². The summed E-state index contributed by atoms with van der Waals surface area (Å²) in [4.78, 5) is 14.5. The van der Waals surface area contributed by atoms with Gasteiger partial charge in [-0.25, -0.2) is 4.99 Å². The fraction of sp³-hybridized carbons (Fsp3) is 0.0714. The van der Waals surface area contributed by atoms with Gasteiger partial charge in [-0.2, -0.15) is 0 Å². The summed E-state index contributed by atoms with van der Waals surface area (Å²) in [6.45, 7) is 0.560. The van der Waals surface area contributed by atoms with Gasteiger partial charge < -0.3 is 10.6 Å². The molecule has 0 spiro atoms. The van der Waals surface area contributed by atoms with Crippen LogP contribution in [0.4, 0.5) is 5.69 Å². The fourth-order valence-corrected chi connectivity index (χ4v) is 2.00. The molecule has 3 heterocycles. The molecule has 2 aromatic heterocycles. The Morgan fingerprint density at radius 3 is 2.63 bits per heavy atom. The number of aliphatic imine (C=N–C) groups is 1. The van der Waals surface area contributed by atoms with E-state index in [9.17, 15) is 0 Å². The van der Waals surface area contributed by atoms with E-state index < -0.39 is 0 Å². The second kappa shape index (κ2) is 4.89. The highest BCUT2D eigenvalue weighted by atomic mass is 15.2. The Labute approximate surface area is 111 Å². The first-order valence-electron chi connectivity index (χ1n) is 5.95. The van der Waals surface area contributed by atoms with Crippen molar-refractivity contribution >= 4 is 17.2 Å². The van der Waals surface area contributed by atoms with E-state index in [0.29, 0.717) is 12.4 Å². The van der Waals surface area contributed by atoms with Gasteiger partial charge in [0.2, 0.25) is 0 Å². The van der Waals surface area contributed by atoms with Crippen LogP contribution in [0.5, 0.6) is 0 Å². The molecule has 94 valence electrons. The molecule has 0 amide bonds. The largest absolute Gasteiger partial charge is 0.386 e. The summed E-state index contributed by atoms with van der Waals surface area (Å²) in [6.07, 6.45) is 8.87. The van der Waals surface area contributed by atoms with Gasteiger partial charge in [0, 0.05) is 36.0 Å². The third-order valence-corrected chi connectivity index (χ3v) is 2.90. The highest BCUT2D eigenvalue weighted by molar-refractivity contribution is 5.94. The van der Waals surface area contributed by atoms with Crippen LogP contribution in [0.15, 0.2) is 60.2 Å². The van der Waals surface area contributed by atoms with Crippen LogP contribution in [0.2, 0.25) is 0 Å². The number of nitrogens with zero attached hydrogens (tertiary/aromatic N) is 4. The summed E-state index contributed by atoms with van der Waals surface area (Å²) < 4.78 is 0. The minimum absolute atomic E-state index is 0.560. The maximum absolute atomic E-state index is 5.84. The summed E-state index contributed by atoms with van der Waals surface area (Å²) >= 11 is 0. The molecule has 1 aliphatic heterocycles. The topological polar surface area (TPSA) is 67.4 Å². The Kier molecular flexibility index (Phi) is 2.94. The van der Waals surface area contributed by atoms with Crippen molar-refractivity contribution in [2.24, 2.45) is 10.7 Å². The Balaban J connectivity index is 2.04. The molecule has 0 aliphatic carbocycles. The zero-order valence-electron chi connectivity index (χ0n) is 10.3. The lowest BCUT2D eigenvalue weighted by molar-refractivity contribution is 1.08. The molecule has 5 heteroatoms. The molecule has 2 N–H and O–H groups in total. The quantitative estimate of drug-likeness (QED) is 0.881. The van der Waals surface area contributed by atoms with E-state index in [1.807, 2.05) is 30.5 Å². The highest BCUT2D eigenvalue weighted by Gasteiger charge is 2.18. The minimum Gasteiger partial charge on any atom is -0.386 e. The molecule has 19 heavy (non-hydrogen) atoms. The average molecular weight is 251 g/mol. The summed E-state index contributed by atoms with van der Waals surface area (Å²) in [5.74, 6) is 0.587. The number of nitrogens with two attached hydrogens (primary N) is 1. The Morgan fingerprint density at radius 2 is 1.89 bits per heavy atom. The number of pyridine rings is 2. The Hall–Kier alpha value is -2.69. The number of anilines is 1. The van der Waals surface area contributed by atoms with E-state index in [-0.39, 0.29) is 0 Å². The van der Waals surface area contributed by atoms with Crippen molar-refractivity contribution in [3.8, 4) is 0 Å². The molecule has 3 rings (SSSR count). The molecular weight excluding hydrogens is 238 g/mol. The van der Waals surface area contributed by atoms with Gasteiger partial charge in [-0.3, -0.25) is 9.97 Å². The zero-order chi connectivity index (χ0) is 13.1. The number of hydrogen-bond donors (Lipinski definition) is 1. The molecule has 1 aliphatic rings. The first-order chi connectivity index (χ1) is 9.34. The van der Waals surface area contributed by atoms with Crippen LogP contribution in [-0.2, 0) is 0 Å². The molecular formula is C14H13N5. The van der Waals surface area contributed by atoms with Gasteiger partial charge in [0.1, 0.15) is 5.84 Å². The lowest BCUT2D eigenvalue weighted by Crippen LogP contribution is -2.35. The number of aromatic nitrogens is 2. The molecule has 0 saturated heterocycles. The van der Waals surface area contributed by atoms with Gasteiger partial charge in [0.15, 0.2) is 0 Å². The molecule has 0 bridgehead atoms. The predicted molar refractivity (Wildman–Crippen MR) is 75.4 cm³/mol. The maximum Gasteiger partial charge on any atom is 0.119 e. The van der Waals surface area contributed by atoms with E-state index in [1.54, 1.807) is 24.8 Å². The summed E-state index contributed by atoms with van der Waals surface area (Å²) in [5.41, 5.74) is 8.86. The molecule has 2 aromatic rings. The first-order valence-corrected chi connectivity index (χ1v) is 5.95. The SMILES string of the molecule is NC1=NC=C(c2cccnc2)N(c2ccncc2)C1.